The van der Waals surface area contributed by atoms with Gasteiger partial charge in [0.15, 0.2) is 23.9 Å². The lowest BCUT2D eigenvalue weighted by atomic mass is 9.92. The van der Waals surface area contributed by atoms with Crippen LogP contribution < -0.4 is 29.9 Å². The van der Waals surface area contributed by atoms with Crippen LogP contribution in [0, 0.1) is 37.5 Å². The van der Waals surface area contributed by atoms with Crippen molar-refractivity contribution in [2.75, 3.05) is 46.6 Å². The summed E-state index contributed by atoms with van der Waals surface area (Å²) in [7, 11) is 0. The van der Waals surface area contributed by atoms with Crippen LogP contribution in [0.25, 0.3) is 0 Å². The normalized spacial score (nSPS) is 26.2. The highest BCUT2D eigenvalue weighted by molar-refractivity contribution is 6.30. The number of hydrogen-bond acceptors (Lipinski definition) is 14. The minimum atomic E-state index is -0.0844. The number of fused-ring (bicyclic) bond motifs is 6. The van der Waals surface area contributed by atoms with Crippen molar-refractivity contribution in [3.05, 3.63) is 106 Å². The Morgan fingerprint density at radius 3 is 1.30 bits per heavy atom. The third kappa shape index (κ3) is 8.49. The first kappa shape index (κ1) is 41.0. The average Bonchev–Trinajstić information content (AvgIpc) is 4.13. The van der Waals surface area contributed by atoms with Gasteiger partial charge < -0.3 is 29.9 Å². The van der Waals surface area contributed by atoms with Crippen molar-refractivity contribution in [3.63, 3.8) is 0 Å². The van der Waals surface area contributed by atoms with Gasteiger partial charge in [0.2, 0.25) is 11.9 Å². The zero-order chi connectivity index (χ0) is 43.3. The lowest BCUT2D eigenvalue weighted by Crippen LogP contribution is -2.48. The molecule has 2 N–H and O–H groups in total. The highest BCUT2D eigenvalue weighted by Gasteiger charge is 2.45. The molecule has 12 rings (SSSR count). The molecule has 4 aromatic heterocycles. The van der Waals surface area contributed by atoms with Gasteiger partial charge in [0.25, 0.3) is 0 Å². The second-order valence-electron chi connectivity index (χ2n) is 18.1. The molecule has 6 aromatic rings. The number of piperidine rings is 2. The number of anilines is 4. The second kappa shape index (κ2) is 17.3. The van der Waals surface area contributed by atoms with Crippen molar-refractivity contribution in [3.8, 4) is 11.5 Å². The third-order valence-electron chi connectivity index (χ3n) is 13.9. The largest absolute Gasteiger partial charge is 0.482 e. The predicted molar refractivity (Wildman–Crippen MR) is 244 cm³/mol. The summed E-state index contributed by atoms with van der Waals surface area (Å²) in [6, 6.07) is 19.9. The third-order valence-corrected chi connectivity index (χ3v) is 14.4. The predicted octanol–water partition coefficient (Wildman–Crippen LogP) is 7.76. The molecule has 2 unspecified atom stereocenters. The number of hydrogen-bond donors (Lipinski definition) is 2. The zero-order valence-electron chi connectivity index (χ0n) is 36.0. The topological polar surface area (TPSA) is 162 Å². The van der Waals surface area contributed by atoms with Gasteiger partial charge in [-0.15, -0.1) is 10.2 Å². The molecule has 0 radical (unpaired) electrons. The number of aryl methyl sites for hydroxylation is 4. The quantitative estimate of drug-likeness (QED) is 0.137. The lowest BCUT2D eigenvalue weighted by molar-refractivity contribution is 0.203. The molecule has 2 aliphatic carbocycles. The smallest absolute Gasteiger partial charge is 0.242 e. The Morgan fingerprint density at radius 1 is 0.531 bits per heavy atom. The molecule has 4 bridgehead atoms. The molecular weight excluding hydrogens is 852 g/mol. The highest BCUT2D eigenvalue weighted by atomic mass is 35.5. The van der Waals surface area contributed by atoms with E-state index in [2.05, 4.69) is 52.5 Å². The van der Waals surface area contributed by atoms with E-state index in [0.29, 0.717) is 45.8 Å². The minimum Gasteiger partial charge on any atom is -0.482 e. The Kier molecular flexibility index (Phi) is 11.1. The van der Waals surface area contributed by atoms with E-state index in [1.165, 1.54) is 25.7 Å². The fraction of sp³-hybridized carbons (Fsp3) is 0.478. The van der Waals surface area contributed by atoms with Gasteiger partial charge in [-0.3, -0.25) is 0 Å². The van der Waals surface area contributed by atoms with Crippen LogP contribution in [0.5, 0.6) is 11.5 Å². The highest BCUT2D eigenvalue weighted by Crippen LogP contribution is 2.42. The number of nitrogens with zero attached hydrogens (tertiary/aromatic N) is 12. The van der Waals surface area contributed by atoms with Crippen LogP contribution in [0.15, 0.2) is 73.3 Å². The summed E-state index contributed by atoms with van der Waals surface area (Å²) in [5, 5.41) is 18.2. The summed E-state index contributed by atoms with van der Waals surface area (Å²) >= 11 is 12.0. The first-order valence-electron chi connectivity index (χ1n) is 22.6. The van der Waals surface area contributed by atoms with E-state index in [0.717, 1.165) is 110 Å². The molecule has 2 saturated carbocycles. The first-order chi connectivity index (χ1) is 31.2. The van der Waals surface area contributed by atoms with Crippen molar-refractivity contribution in [1.82, 2.24) is 49.5 Å². The molecule has 16 nitrogen and oxygen atoms in total. The Bertz CT molecular complexity index is 2380. The number of nitrogens with one attached hydrogen (secondary N) is 2. The van der Waals surface area contributed by atoms with Gasteiger partial charge >= 0.3 is 0 Å². The van der Waals surface area contributed by atoms with E-state index >= 15 is 0 Å². The van der Waals surface area contributed by atoms with Gasteiger partial charge in [-0.2, -0.15) is 9.97 Å². The van der Waals surface area contributed by atoms with E-state index in [1.807, 2.05) is 71.7 Å². The molecule has 0 spiro atoms. The molecular formula is C46H52Cl2N14O2. The van der Waals surface area contributed by atoms with E-state index in [-0.39, 0.29) is 12.2 Å². The van der Waals surface area contributed by atoms with Crippen LogP contribution in [-0.2, 0) is 13.1 Å². The van der Waals surface area contributed by atoms with Gasteiger partial charge in [-0.25, -0.2) is 29.3 Å². The van der Waals surface area contributed by atoms with Crippen molar-refractivity contribution >= 4 is 46.7 Å². The van der Waals surface area contributed by atoms with Crippen molar-refractivity contribution in [1.29, 1.82) is 0 Å². The molecule has 332 valence electrons. The van der Waals surface area contributed by atoms with Crippen LogP contribution in [0.1, 0.15) is 73.8 Å². The van der Waals surface area contributed by atoms with Crippen LogP contribution in [0.4, 0.5) is 23.5 Å². The molecule has 2 aromatic carbocycles. The van der Waals surface area contributed by atoms with Crippen LogP contribution in [0.2, 0.25) is 10.0 Å². The maximum atomic E-state index is 6.16. The molecule has 64 heavy (non-hydrogen) atoms. The van der Waals surface area contributed by atoms with Crippen LogP contribution in [-0.4, -0.2) is 87.7 Å². The van der Waals surface area contributed by atoms with Gasteiger partial charge in [0, 0.05) is 97.8 Å². The summed E-state index contributed by atoms with van der Waals surface area (Å²) in [6.45, 7) is 9.67. The summed E-state index contributed by atoms with van der Waals surface area (Å²) in [4.78, 5) is 31.9. The second-order valence-corrected chi connectivity index (χ2v) is 19.0. The summed E-state index contributed by atoms with van der Waals surface area (Å²) in [5.74, 6) is 9.14. The van der Waals surface area contributed by atoms with E-state index in [9.17, 15) is 0 Å². The molecule has 2 saturated heterocycles. The molecule has 8 heterocycles. The van der Waals surface area contributed by atoms with E-state index in [4.69, 9.17) is 52.8 Å². The average molecular weight is 904 g/mol. The van der Waals surface area contributed by atoms with Crippen LogP contribution in [0.3, 0.4) is 0 Å². The van der Waals surface area contributed by atoms with E-state index < -0.39 is 0 Å². The van der Waals surface area contributed by atoms with Crippen LogP contribution >= 0.6 is 23.2 Å². The van der Waals surface area contributed by atoms with Crippen molar-refractivity contribution in [2.45, 2.75) is 89.8 Å². The SMILES string of the molecule is Cc1cc(N2C[C@H]3CC[C@@H](C2)C3Nc2nc3n(n2)CC[C@@H]3Oc2ccc(Cl)cc2)ncn1.Cc1cc(N2C[C@H]3CC[C@@H](C2)C3Nc2nc3n(n2)CC[C@H]3Oc2ccc(Cl)cc2)ncn1. The Hall–Kier alpha value is -5.74. The monoisotopic (exact) mass is 902 g/mol. The van der Waals surface area contributed by atoms with Crippen molar-refractivity contribution < 1.29 is 9.47 Å². The Morgan fingerprint density at radius 2 is 0.922 bits per heavy atom. The van der Waals surface area contributed by atoms with Crippen molar-refractivity contribution in [2.24, 2.45) is 23.7 Å². The van der Waals surface area contributed by atoms with E-state index in [1.54, 1.807) is 12.7 Å². The van der Waals surface area contributed by atoms with Gasteiger partial charge in [0.1, 0.15) is 35.8 Å². The first-order valence-corrected chi connectivity index (χ1v) is 23.3. The maximum Gasteiger partial charge on any atom is 0.242 e. The Balaban J connectivity index is 0.000000143. The molecule has 0 amide bonds. The van der Waals surface area contributed by atoms with Gasteiger partial charge in [0.05, 0.1) is 0 Å². The maximum absolute atomic E-state index is 6.16. The van der Waals surface area contributed by atoms with Gasteiger partial charge in [-0.05, 0) is 112 Å². The number of halogens is 2. The molecule has 18 heteroatoms. The van der Waals surface area contributed by atoms with Gasteiger partial charge in [-0.1, -0.05) is 23.2 Å². The summed E-state index contributed by atoms with van der Waals surface area (Å²) in [6.07, 6.45) is 9.79. The summed E-state index contributed by atoms with van der Waals surface area (Å²) < 4.78 is 16.3. The summed E-state index contributed by atoms with van der Waals surface area (Å²) in [5.41, 5.74) is 2.02. The minimum absolute atomic E-state index is 0.0844. The number of rotatable bonds is 10. The molecule has 8 atom stereocenters. The fourth-order valence-corrected chi connectivity index (χ4v) is 11.0. The fourth-order valence-electron chi connectivity index (χ4n) is 10.8. The number of benzene rings is 2. The lowest BCUT2D eigenvalue weighted by Gasteiger charge is -2.38. The number of ether oxygens (including phenoxy) is 2. The molecule has 6 aliphatic rings. The number of aromatic nitrogens is 10. The standard InChI is InChI=1S/2C23H26ClN7O/c2*1-14-10-20(26-13-25-14)30-11-15-2-3-16(12-30)21(15)27-23-28-22-19(8-9-31(22)29-23)32-18-6-4-17(24)5-7-18/h2*4-7,10,13,15-16,19,21H,2-3,8-9,11-12H2,1H3,(H,27,29)/t2*15-,16+,19-,21?/m10/s1. The molecule has 4 aliphatic heterocycles. The zero-order valence-corrected chi connectivity index (χ0v) is 37.5. The Labute approximate surface area is 382 Å². The molecule has 4 fully saturated rings.